The number of hydrogen-bond acceptors (Lipinski definition) is 5. The fourth-order valence-electron chi connectivity index (χ4n) is 14.2. The predicted octanol–water partition coefficient (Wildman–Crippen LogP) is 11.4. The minimum absolute atomic E-state index is 0. The molecule has 0 saturated heterocycles. The van der Waals surface area contributed by atoms with E-state index in [1.807, 2.05) is 12.6 Å². The van der Waals surface area contributed by atoms with Crippen molar-refractivity contribution in [3.05, 3.63) is 23.3 Å². The van der Waals surface area contributed by atoms with Crippen molar-refractivity contribution in [1.29, 1.82) is 0 Å². The second-order valence-corrected chi connectivity index (χ2v) is 18.8. The van der Waals surface area contributed by atoms with Gasteiger partial charge in [0.2, 0.25) is 0 Å². The van der Waals surface area contributed by atoms with Crippen LogP contribution in [-0.4, -0.2) is 49.2 Å². The van der Waals surface area contributed by atoms with E-state index in [1.54, 1.807) is 11.1 Å². The normalized spacial score (nSPS) is 44.9. The molecule has 306 valence electrons. The van der Waals surface area contributed by atoms with Gasteiger partial charge in [-0.15, -0.1) is 0 Å². The molecule has 8 rings (SSSR count). The van der Waals surface area contributed by atoms with Crippen LogP contribution in [0.4, 0.5) is 0 Å². The average Bonchev–Trinajstić information content (AvgIpc) is 3.56. The topological polar surface area (TPSA) is 72.8 Å². The van der Waals surface area contributed by atoms with Crippen molar-refractivity contribution < 1.29 is 89.6 Å². The summed E-state index contributed by atoms with van der Waals surface area (Å²) in [5.74, 6) is 5.95. The largest absolute Gasteiger partial charge is 0.540 e. The zero-order valence-electron chi connectivity index (χ0n) is 31.9. The summed E-state index contributed by atoms with van der Waals surface area (Å²) in [5, 5.41) is 10.5. The van der Waals surface area contributed by atoms with Gasteiger partial charge in [-0.3, -0.25) is 0 Å². The van der Waals surface area contributed by atoms with Crippen LogP contribution in [0, 0.1) is 63.1 Å². The van der Waals surface area contributed by atoms with Crippen LogP contribution in [0.15, 0.2) is 23.3 Å². The minimum atomic E-state index is -0.0862. The number of fused-ring (bicyclic) bond motifs is 10. The predicted molar refractivity (Wildman–Crippen MR) is 216 cm³/mol. The Morgan fingerprint density at radius 3 is 1.48 bits per heavy atom. The van der Waals surface area contributed by atoms with Crippen molar-refractivity contribution in [2.75, 3.05) is 13.2 Å². The molecule has 12 unspecified atom stereocenters. The third-order valence-corrected chi connectivity index (χ3v) is 17.3. The molecule has 2 radical (unpaired) electrons. The van der Waals surface area contributed by atoms with E-state index in [9.17, 15) is 14.7 Å². The van der Waals surface area contributed by atoms with Gasteiger partial charge in [0.25, 0.3) is 0 Å². The van der Waals surface area contributed by atoms with Crippen LogP contribution in [-0.2, 0) is 84.5 Å². The summed E-state index contributed by atoms with van der Waals surface area (Å²) in [5.41, 5.74) is 4.69. The summed E-state index contributed by atoms with van der Waals surface area (Å²) in [4.78, 5) is 20.9. The average molecular weight is 903 g/mol. The number of carbonyl (C=O) groups excluding carboxylic acids is 2. The number of allylic oxidation sites excluding steroid dienone is 2. The monoisotopic (exact) mass is 902 g/mol. The molecule has 0 aromatic rings. The van der Waals surface area contributed by atoms with Gasteiger partial charge >= 0.3 is 0 Å². The smallest absolute Gasteiger partial charge is 0.0726 e. The summed E-state index contributed by atoms with van der Waals surface area (Å²) in [7, 11) is 0. The molecule has 0 heterocycles. The summed E-state index contributed by atoms with van der Waals surface area (Å²) in [6.07, 6.45) is 28.6. The Kier molecular flexibility index (Phi) is 20.5. The van der Waals surface area contributed by atoms with Gasteiger partial charge in [0, 0.05) is 65.4 Å². The first kappa shape index (κ1) is 52.9. The maximum Gasteiger partial charge on any atom is 0.0726 e. The third kappa shape index (κ3) is 9.14. The van der Waals surface area contributed by atoms with E-state index in [0.29, 0.717) is 22.2 Å². The van der Waals surface area contributed by atoms with Crippen molar-refractivity contribution in [3.8, 4) is 0 Å². The molecule has 1 N–H and O–H groups in total. The summed E-state index contributed by atoms with van der Waals surface area (Å²) in [6.45, 7) is 12.7. The van der Waals surface area contributed by atoms with Gasteiger partial charge in [-0.25, -0.2) is 12.6 Å². The zero-order chi connectivity index (χ0) is 33.9. The molecule has 54 heavy (non-hydrogen) atoms. The minimum Gasteiger partial charge on any atom is -0.540 e. The van der Waals surface area contributed by atoms with Crippen LogP contribution >= 0.6 is 0 Å². The number of aliphatic hydroxyl groups is 1. The molecule has 0 aromatic carbocycles. The van der Waals surface area contributed by atoms with Crippen molar-refractivity contribution in [3.63, 3.8) is 0 Å². The van der Waals surface area contributed by atoms with Crippen molar-refractivity contribution in [2.45, 2.75) is 185 Å². The van der Waals surface area contributed by atoms with E-state index < -0.39 is 0 Å². The molecule has 5 nitrogen and oxygen atoms in total. The number of ether oxygens (including phenoxy) is 2. The van der Waals surface area contributed by atoms with E-state index in [4.69, 9.17) is 9.47 Å². The molecule has 0 aromatic heterocycles. The Labute approximate surface area is 383 Å². The third-order valence-electron chi connectivity index (χ3n) is 17.3. The maximum absolute atomic E-state index is 10.5. The van der Waals surface area contributed by atoms with Crippen LogP contribution in [0.3, 0.4) is 0 Å². The number of rotatable bonds is 6. The molecular weight excluding hydrogens is 822 g/mol. The SMILES string of the molecule is C.C.C.C.CC12CC[C@H](OC[C-]=O)C=C1CCC1C2CCC2(C)C(O)CCC12.CC1CCC2C3CCC4=C[C@H](OC[C-]=O)CCC4(C)C3CCC12C.[Y].[Y]. The van der Waals surface area contributed by atoms with Gasteiger partial charge in [-0.2, -0.15) is 0 Å². The van der Waals surface area contributed by atoms with Gasteiger partial charge < -0.3 is 24.2 Å². The van der Waals surface area contributed by atoms with E-state index in [2.05, 4.69) is 46.8 Å². The van der Waals surface area contributed by atoms with Gasteiger partial charge in [0.15, 0.2) is 0 Å². The molecule has 0 spiro atoms. The molecule has 8 aliphatic carbocycles. The van der Waals surface area contributed by atoms with Crippen molar-refractivity contribution in [1.82, 2.24) is 0 Å². The van der Waals surface area contributed by atoms with Crippen molar-refractivity contribution >= 4 is 12.6 Å². The summed E-state index contributed by atoms with van der Waals surface area (Å²) < 4.78 is 11.3. The van der Waals surface area contributed by atoms with E-state index in [0.717, 1.165) is 54.8 Å². The molecule has 0 bridgehead atoms. The first-order valence-corrected chi connectivity index (χ1v) is 20.0. The van der Waals surface area contributed by atoms with Crippen LogP contribution in [0.1, 0.15) is 167 Å². The van der Waals surface area contributed by atoms with Crippen LogP contribution in [0.2, 0.25) is 0 Å². The molecule has 6 fully saturated rings. The van der Waals surface area contributed by atoms with Crippen LogP contribution < -0.4 is 0 Å². The quantitative estimate of drug-likeness (QED) is 0.212. The maximum atomic E-state index is 10.5. The Balaban J connectivity index is 0.000000486. The van der Waals surface area contributed by atoms with Gasteiger partial charge in [0.1, 0.15) is 0 Å². The Hall–Kier alpha value is 0.908. The molecule has 6 saturated carbocycles. The molecule has 0 amide bonds. The Bertz CT molecular complexity index is 1190. The van der Waals surface area contributed by atoms with Gasteiger partial charge in [-0.1, -0.05) is 87.6 Å². The first-order chi connectivity index (χ1) is 23.0. The molecule has 7 heteroatoms. The fourth-order valence-corrected chi connectivity index (χ4v) is 14.2. The Morgan fingerprint density at radius 2 is 1.02 bits per heavy atom. The number of hydrogen-bond donors (Lipinski definition) is 1. The second-order valence-electron chi connectivity index (χ2n) is 18.8. The van der Waals surface area contributed by atoms with E-state index in [1.165, 1.54) is 83.5 Å². The van der Waals surface area contributed by atoms with Crippen LogP contribution in [0.5, 0.6) is 0 Å². The summed E-state index contributed by atoms with van der Waals surface area (Å²) >= 11 is 0. The van der Waals surface area contributed by atoms with Crippen LogP contribution in [0.25, 0.3) is 0 Å². The molecule has 14 atom stereocenters. The standard InChI is InChI=1S/C22H33O2.C21H31O3.4CH4.2Y/c1-15-4-7-19-18-6-5-16-14-17(24-13-12-23)8-10-22(16,3)20(18)9-11-21(15,19)2;1-20-9-7-15(24-12-11-22)13-14(20)3-4-16-17-5-6-19(23)21(17,2)10-8-18(16)20;;;;;;/h14-15,17-20H,4-11,13H2,1-3H3;13,15-19,23H,3-10,12H2,1-2H3;4*1H4;;/q2*-1;;;;;;/t15?,17-,18?,19?,20?,21?,22?;15-,16?,17?,18?,19?,20?,21?;;;;;;/m10....../s1. The first-order valence-electron chi connectivity index (χ1n) is 20.0. The van der Waals surface area contributed by atoms with E-state index in [-0.39, 0.29) is 132 Å². The van der Waals surface area contributed by atoms with Gasteiger partial charge in [0.05, 0.1) is 18.3 Å². The van der Waals surface area contributed by atoms with Gasteiger partial charge in [-0.05, 0) is 179 Å². The van der Waals surface area contributed by atoms with E-state index >= 15 is 0 Å². The second kappa shape index (κ2) is 20.9. The van der Waals surface area contributed by atoms with Crippen molar-refractivity contribution in [2.24, 2.45) is 63.1 Å². The zero-order valence-corrected chi connectivity index (χ0v) is 37.6. The summed E-state index contributed by atoms with van der Waals surface area (Å²) in [6, 6.07) is 0. The number of aliphatic hydroxyl groups excluding tert-OH is 1. The fraction of sp³-hybridized carbons (Fsp3) is 0.872. The molecular formula is C47H80O5Y2-2. The molecule has 8 aliphatic rings. The molecule has 0 aliphatic heterocycles. The Morgan fingerprint density at radius 1 is 0.593 bits per heavy atom.